The molecule has 1 aliphatic heterocycles. The van der Waals surface area contributed by atoms with Crippen LogP contribution in [0.5, 0.6) is 5.75 Å². The summed E-state index contributed by atoms with van der Waals surface area (Å²) in [6.07, 6.45) is 6.80. The van der Waals surface area contributed by atoms with Crippen molar-refractivity contribution in [2.45, 2.75) is 65.6 Å². The Morgan fingerprint density at radius 2 is 1.88 bits per heavy atom. The highest BCUT2D eigenvalue weighted by Gasteiger charge is 2.28. The summed E-state index contributed by atoms with van der Waals surface area (Å²) in [5, 5.41) is 12.2. The van der Waals surface area contributed by atoms with Crippen molar-refractivity contribution in [3.8, 4) is 11.8 Å². The van der Waals surface area contributed by atoms with Gasteiger partial charge in [-0.3, -0.25) is 9.78 Å². The molecule has 0 bridgehead atoms. The molecule has 1 fully saturated rings. The summed E-state index contributed by atoms with van der Waals surface area (Å²) in [6, 6.07) is 14.9. The summed E-state index contributed by atoms with van der Waals surface area (Å²) < 4.78 is 10.9. The number of methoxy groups -OCH3 is 1. The maximum Gasteiger partial charge on any atom is 0.253 e. The molecule has 43 heavy (non-hydrogen) atoms. The summed E-state index contributed by atoms with van der Waals surface area (Å²) in [5.41, 5.74) is 5.92. The topological polar surface area (TPSA) is 104 Å². The molecule has 1 aliphatic rings. The van der Waals surface area contributed by atoms with Gasteiger partial charge in [0.2, 0.25) is 0 Å². The Balaban J connectivity index is 1.34. The number of pyridine rings is 2. The number of carbonyl (C=O) groups excluding carboxylic acids is 1. The molecule has 1 aromatic carbocycles. The number of hydrogen-bond acceptors (Lipinski definition) is 8. The van der Waals surface area contributed by atoms with Crippen LogP contribution in [-0.2, 0) is 11.3 Å². The van der Waals surface area contributed by atoms with Crippen LogP contribution in [0.1, 0.15) is 64.6 Å². The Kier molecular flexibility index (Phi) is 11.5. The van der Waals surface area contributed by atoms with Crippen LogP contribution in [0.2, 0.25) is 0 Å². The van der Waals surface area contributed by atoms with Crippen molar-refractivity contribution in [1.82, 2.24) is 20.2 Å². The van der Waals surface area contributed by atoms with Gasteiger partial charge in [0.1, 0.15) is 24.1 Å². The number of carbonyl (C=O) groups is 1. The minimum atomic E-state index is -0.130. The molecule has 3 heterocycles. The van der Waals surface area contributed by atoms with E-state index in [9.17, 15) is 4.79 Å². The zero-order valence-corrected chi connectivity index (χ0v) is 26.1. The monoisotopic (exact) mass is 584 g/mol. The predicted molar refractivity (Wildman–Crippen MR) is 168 cm³/mol. The number of aryl methyl sites for hydroxylation is 3. The summed E-state index contributed by atoms with van der Waals surface area (Å²) in [5.74, 6) is 0.712. The van der Waals surface area contributed by atoms with Crippen LogP contribution in [-0.4, -0.2) is 72.8 Å². The van der Waals surface area contributed by atoms with Crippen molar-refractivity contribution in [1.29, 1.82) is 5.26 Å². The SMILES string of the molecule is COCCOc1ccc(N(Cc2cnccc2C)C2CCN([C@H](C)CCNC(=O)c3c(C)cc(C#N)nc3C)CC2)cc1. The number of nitrogens with one attached hydrogen (secondary N) is 1. The fourth-order valence-electron chi connectivity index (χ4n) is 5.79. The van der Waals surface area contributed by atoms with Gasteiger partial charge in [0.05, 0.1) is 17.9 Å². The third kappa shape index (κ3) is 8.53. The molecule has 0 unspecified atom stereocenters. The second-order valence-electron chi connectivity index (χ2n) is 11.3. The first-order chi connectivity index (χ1) is 20.8. The first-order valence-corrected chi connectivity index (χ1v) is 15.1. The average Bonchev–Trinajstić information content (AvgIpc) is 3.01. The number of nitrogens with zero attached hydrogens (tertiary/aromatic N) is 5. The third-order valence-electron chi connectivity index (χ3n) is 8.36. The van der Waals surface area contributed by atoms with Crippen LogP contribution in [0, 0.1) is 32.1 Å². The lowest BCUT2D eigenvalue weighted by molar-refractivity contribution is 0.0943. The molecule has 0 spiro atoms. The van der Waals surface area contributed by atoms with Gasteiger partial charge in [-0.05, 0) is 100 Å². The lowest BCUT2D eigenvalue weighted by Gasteiger charge is -2.42. The molecular weight excluding hydrogens is 540 g/mol. The minimum Gasteiger partial charge on any atom is -0.491 e. The quantitative estimate of drug-likeness (QED) is 0.281. The lowest BCUT2D eigenvalue weighted by Crippen LogP contribution is -2.48. The van der Waals surface area contributed by atoms with E-state index in [2.05, 4.69) is 63.2 Å². The average molecular weight is 585 g/mol. The number of rotatable bonds is 13. The van der Waals surface area contributed by atoms with Gasteiger partial charge in [0.15, 0.2) is 0 Å². The van der Waals surface area contributed by atoms with E-state index in [1.807, 2.05) is 31.5 Å². The Morgan fingerprint density at radius 3 is 2.53 bits per heavy atom. The summed E-state index contributed by atoms with van der Waals surface area (Å²) in [7, 11) is 1.67. The largest absolute Gasteiger partial charge is 0.491 e. The lowest BCUT2D eigenvalue weighted by atomic mass is 9.99. The van der Waals surface area contributed by atoms with E-state index in [0.717, 1.165) is 50.2 Å². The highest BCUT2D eigenvalue weighted by Crippen LogP contribution is 2.29. The molecular formula is C34H44N6O3. The highest BCUT2D eigenvalue weighted by atomic mass is 16.5. The number of nitriles is 1. The van der Waals surface area contributed by atoms with E-state index >= 15 is 0 Å². The Morgan fingerprint density at radius 1 is 1.14 bits per heavy atom. The van der Waals surface area contributed by atoms with Crippen molar-refractivity contribution in [2.24, 2.45) is 0 Å². The van der Waals surface area contributed by atoms with Gasteiger partial charge in [0.25, 0.3) is 5.91 Å². The second kappa shape index (κ2) is 15.5. The number of aromatic nitrogens is 2. The van der Waals surface area contributed by atoms with E-state index in [0.29, 0.717) is 48.8 Å². The Labute approximate surface area is 255 Å². The smallest absolute Gasteiger partial charge is 0.253 e. The molecule has 0 saturated carbocycles. The van der Waals surface area contributed by atoms with Crippen LogP contribution in [0.25, 0.3) is 0 Å². The van der Waals surface area contributed by atoms with Gasteiger partial charge in [-0.2, -0.15) is 5.26 Å². The molecule has 4 rings (SSSR count). The highest BCUT2D eigenvalue weighted by molar-refractivity contribution is 5.96. The molecule has 1 amide bonds. The maximum atomic E-state index is 12.9. The van der Waals surface area contributed by atoms with Crippen LogP contribution in [0.15, 0.2) is 48.8 Å². The first-order valence-electron chi connectivity index (χ1n) is 15.1. The number of benzene rings is 1. The number of hydrogen-bond donors (Lipinski definition) is 1. The molecule has 0 radical (unpaired) electrons. The molecule has 228 valence electrons. The fourth-order valence-corrected chi connectivity index (χ4v) is 5.79. The van der Waals surface area contributed by atoms with Gasteiger partial charge < -0.3 is 24.6 Å². The second-order valence-corrected chi connectivity index (χ2v) is 11.3. The molecule has 2 aromatic heterocycles. The zero-order chi connectivity index (χ0) is 30.8. The number of amides is 1. The van der Waals surface area contributed by atoms with Gasteiger partial charge >= 0.3 is 0 Å². The van der Waals surface area contributed by atoms with E-state index in [4.69, 9.17) is 14.7 Å². The summed E-state index contributed by atoms with van der Waals surface area (Å²) in [4.78, 5) is 26.6. The van der Waals surface area contributed by atoms with E-state index in [-0.39, 0.29) is 5.91 Å². The van der Waals surface area contributed by atoms with E-state index in [1.54, 1.807) is 20.1 Å². The van der Waals surface area contributed by atoms with Crippen LogP contribution in [0.3, 0.4) is 0 Å². The Bertz CT molecular complexity index is 1370. The van der Waals surface area contributed by atoms with Gasteiger partial charge in [0, 0.05) is 63.5 Å². The Hall–Kier alpha value is -4.00. The van der Waals surface area contributed by atoms with Crippen molar-refractivity contribution in [3.63, 3.8) is 0 Å². The standard InChI is InChI=1S/C34H44N6O3/c1-24-10-14-36-22-28(24)23-40(30-6-8-32(9-7-30)43-19-18-42-5)31-12-16-39(17-13-31)26(3)11-15-37-34(41)33-25(2)20-29(21-35)38-27(33)4/h6-10,14,20,22,26,31H,11-13,15-19,23H2,1-5H3,(H,37,41)/t26-/m1/s1. The molecule has 0 aliphatic carbocycles. The summed E-state index contributed by atoms with van der Waals surface area (Å²) >= 11 is 0. The number of ether oxygens (including phenoxy) is 2. The van der Waals surface area contributed by atoms with E-state index in [1.165, 1.54) is 16.8 Å². The number of anilines is 1. The van der Waals surface area contributed by atoms with Crippen LogP contribution < -0.4 is 15.0 Å². The van der Waals surface area contributed by atoms with Gasteiger partial charge in [-0.15, -0.1) is 0 Å². The summed E-state index contributed by atoms with van der Waals surface area (Å²) in [6.45, 7) is 12.5. The zero-order valence-electron chi connectivity index (χ0n) is 26.1. The van der Waals surface area contributed by atoms with Crippen molar-refractivity contribution in [2.75, 3.05) is 44.9 Å². The van der Waals surface area contributed by atoms with E-state index < -0.39 is 0 Å². The van der Waals surface area contributed by atoms with Crippen molar-refractivity contribution < 1.29 is 14.3 Å². The molecule has 9 heteroatoms. The molecule has 1 atom stereocenters. The fraction of sp³-hybridized carbons (Fsp3) is 0.471. The maximum absolute atomic E-state index is 12.9. The van der Waals surface area contributed by atoms with Crippen molar-refractivity contribution in [3.05, 3.63) is 82.4 Å². The first kappa shape index (κ1) is 31.9. The number of piperidine rings is 1. The van der Waals surface area contributed by atoms with Crippen LogP contribution >= 0.6 is 0 Å². The molecule has 1 saturated heterocycles. The molecule has 9 nitrogen and oxygen atoms in total. The third-order valence-corrected chi connectivity index (χ3v) is 8.36. The van der Waals surface area contributed by atoms with Crippen LogP contribution in [0.4, 0.5) is 5.69 Å². The minimum absolute atomic E-state index is 0.130. The predicted octanol–water partition coefficient (Wildman–Crippen LogP) is 4.98. The van der Waals surface area contributed by atoms with Gasteiger partial charge in [-0.1, -0.05) is 0 Å². The molecule has 3 aromatic rings. The number of likely N-dealkylation sites (tertiary alicyclic amines) is 1. The molecule has 1 N–H and O–H groups in total. The normalized spacial score (nSPS) is 14.6. The van der Waals surface area contributed by atoms with Gasteiger partial charge in [-0.25, -0.2) is 4.98 Å². The van der Waals surface area contributed by atoms with Crippen molar-refractivity contribution >= 4 is 11.6 Å².